The lowest BCUT2D eigenvalue weighted by Gasteiger charge is -2.37. The number of nitrogens with zero attached hydrogens (tertiary/aromatic N) is 4. The summed E-state index contributed by atoms with van der Waals surface area (Å²) in [7, 11) is 0. The molecule has 5 aromatic rings. The van der Waals surface area contributed by atoms with Gasteiger partial charge in [-0.05, 0) is 125 Å². The molecule has 3 unspecified atom stereocenters. The van der Waals surface area contributed by atoms with Crippen LogP contribution in [0.25, 0.3) is 11.4 Å². The van der Waals surface area contributed by atoms with Crippen molar-refractivity contribution in [3.8, 4) is 22.9 Å². The second-order valence-corrected chi connectivity index (χ2v) is 18.0. The van der Waals surface area contributed by atoms with Crippen LogP contribution in [0.2, 0.25) is 0 Å². The number of rotatable bonds is 21. The fourth-order valence-electron chi connectivity index (χ4n) is 9.44. The van der Waals surface area contributed by atoms with Gasteiger partial charge in [0.25, 0.3) is 11.8 Å². The van der Waals surface area contributed by atoms with Crippen LogP contribution in [0.5, 0.6) is 11.5 Å². The van der Waals surface area contributed by atoms with Crippen molar-refractivity contribution in [3.63, 3.8) is 0 Å². The number of aromatic nitrogens is 4. The van der Waals surface area contributed by atoms with Gasteiger partial charge in [0.15, 0.2) is 11.6 Å². The van der Waals surface area contributed by atoms with Crippen molar-refractivity contribution in [2.24, 2.45) is 0 Å². The number of amides is 4. The lowest BCUT2D eigenvalue weighted by molar-refractivity contribution is -0.132. The summed E-state index contributed by atoms with van der Waals surface area (Å²) in [6.45, 7) is 4.13. The van der Waals surface area contributed by atoms with Gasteiger partial charge in [-0.25, -0.2) is 4.98 Å². The molecule has 2 saturated heterocycles. The first kappa shape index (κ1) is 48.1. The van der Waals surface area contributed by atoms with E-state index in [9.17, 15) is 24.3 Å². The number of unbranched alkanes of at least 4 members (excludes halogenated alkanes) is 2. The first-order valence-corrected chi connectivity index (χ1v) is 24.2. The van der Waals surface area contributed by atoms with Crippen molar-refractivity contribution in [2.75, 3.05) is 63.4 Å². The number of anilines is 2. The minimum atomic E-state index is -0.908. The second kappa shape index (κ2) is 22.7. The molecule has 19 heteroatoms. The molecule has 4 aliphatic rings. The summed E-state index contributed by atoms with van der Waals surface area (Å²) in [5.41, 5.74) is 4.23. The van der Waals surface area contributed by atoms with Gasteiger partial charge in [0, 0.05) is 84.4 Å². The lowest BCUT2D eigenvalue weighted by Crippen LogP contribution is -2.54. The molecule has 4 aliphatic heterocycles. The molecule has 2 fully saturated rings. The molecule has 0 aliphatic carbocycles. The Morgan fingerprint density at radius 2 is 1.70 bits per heavy atom. The van der Waals surface area contributed by atoms with Gasteiger partial charge in [-0.1, -0.05) is 12.1 Å². The minimum Gasteiger partial charge on any atom is -0.494 e. The standard InChI is InChI=1S/C51H60N10O9/c62-44-14-12-42(48(65)56-44)61-31-39-37(49(61)66)9-5-10-40(39)54-45(63)32-68-26-6-25-67-24-2-1-3-27-69-36-11-13-43-38(30-36)41(17-28-70-43)55-47(64)34-7-4-8-35(29-34)58-51(18-22-53-23-19-51)50-57-46(59-60-50)33-15-20-52-21-16-33/h4-5,7-11,13,15-16,20-21,29-30,41-42,44,53,58,62H,1-3,6,12,14,17-19,22-28,31-32H2,(H,54,63)(H,55,64)(H,56,65)(H,57,59,60). The van der Waals surface area contributed by atoms with Gasteiger partial charge in [-0.3, -0.25) is 29.3 Å². The number of ether oxygens (including phenoxy) is 4. The summed E-state index contributed by atoms with van der Waals surface area (Å²) in [5.74, 6) is 1.62. The van der Waals surface area contributed by atoms with Crippen LogP contribution in [0.1, 0.15) is 101 Å². The quantitative estimate of drug-likeness (QED) is 0.0481. The summed E-state index contributed by atoms with van der Waals surface area (Å²) in [4.78, 5) is 62.6. The van der Waals surface area contributed by atoms with Gasteiger partial charge in [-0.15, -0.1) is 0 Å². The monoisotopic (exact) mass is 956 g/mol. The Hall–Kier alpha value is -6.93. The maximum absolute atomic E-state index is 13.8. The van der Waals surface area contributed by atoms with Crippen molar-refractivity contribution < 1.29 is 43.2 Å². The number of aliphatic hydroxyl groups is 1. The predicted molar refractivity (Wildman–Crippen MR) is 258 cm³/mol. The summed E-state index contributed by atoms with van der Waals surface area (Å²) in [6.07, 6.45) is 8.71. The number of hydrogen-bond donors (Lipinski definition) is 7. The first-order chi connectivity index (χ1) is 34.2. The number of aromatic amines is 1. The number of carbonyl (C=O) groups excluding carboxylic acids is 4. The van der Waals surface area contributed by atoms with Gasteiger partial charge in [0.1, 0.15) is 30.4 Å². The number of benzene rings is 3. The molecular weight excluding hydrogens is 897 g/mol. The molecule has 7 N–H and O–H groups in total. The SMILES string of the molecule is O=C(COCCCOCCCCCOc1ccc2c(c1)C(NC(=O)c1cccc(NC3(c4nc(-c5ccncc5)n[nH]4)CCNCC3)c1)CCO2)Nc1cccc2c1CN(C1CCC(O)NC1=O)C2=O. The number of H-pyrrole nitrogens is 1. The highest BCUT2D eigenvalue weighted by atomic mass is 16.5. The zero-order valence-corrected chi connectivity index (χ0v) is 39.0. The number of pyridine rings is 1. The van der Waals surface area contributed by atoms with Crippen molar-refractivity contribution in [1.29, 1.82) is 0 Å². The molecule has 3 atom stereocenters. The highest BCUT2D eigenvalue weighted by Crippen LogP contribution is 2.37. The van der Waals surface area contributed by atoms with Crippen LogP contribution >= 0.6 is 0 Å². The van der Waals surface area contributed by atoms with Crippen LogP contribution in [-0.4, -0.2) is 119 Å². The van der Waals surface area contributed by atoms with Gasteiger partial charge >= 0.3 is 0 Å². The van der Waals surface area contributed by atoms with E-state index in [1.54, 1.807) is 30.6 Å². The van der Waals surface area contributed by atoms with E-state index in [2.05, 4.69) is 41.8 Å². The van der Waals surface area contributed by atoms with Crippen LogP contribution in [0.4, 0.5) is 11.4 Å². The summed E-state index contributed by atoms with van der Waals surface area (Å²) in [5, 5.41) is 33.2. The van der Waals surface area contributed by atoms with Gasteiger partial charge in [-0.2, -0.15) is 5.10 Å². The molecule has 9 rings (SSSR count). The van der Waals surface area contributed by atoms with E-state index in [1.165, 1.54) is 4.90 Å². The van der Waals surface area contributed by atoms with Crippen LogP contribution in [0.15, 0.2) is 85.2 Å². The normalized spacial score (nSPS) is 19.3. The average molecular weight is 957 g/mol. The topological polar surface area (TPSA) is 243 Å². The zero-order chi connectivity index (χ0) is 48.3. The van der Waals surface area contributed by atoms with Crippen LogP contribution in [0.3, 0.4) is 0 Å². The first-order valence-electron chi connectivity index (χ1n) is 24.2. The molecule has 2 aromatic heterocycles. The fourth-order valence-corrected chi connectivity index (χ4v) is 9.44. The van der Waals surface area contributed by atoms with E-state index in [-0.39, 0.29) is 42.8 Å². The van der Waals surface area contributed by atoms with Gasteiger partial charge in [0.2, 0.25) is 11.8 Å². The number of hydrogen-bond acceptors (Lipinski definition) is 14. The molecule has 368 valence electrons. The van der Waals surface area contributed by atoms with Gasteiger partial charge in [0.05, 0.1) is 24.8 Å². The molecule has 3 aromatic carbocycles. The van der Waals surface area contributed by atoms with E-state index >= 15 is 0 Å². The van der Waals surface area contributed by atoms with E-state index in [0.717, 1.165) is 73.6 Å². The van der Waals surface area contributed by atoms with Gasteiger partial charge < -0.3 is 55.5 Å². The Kier molecular flexibility index (Phi) is 15.6. The maximum atomic E-state index is 13.8. The Bertz CT molecular complexity index is 2620. The smallest absolute Gasteiger partial charge is 0.255 e. The zero-order valence-electron chi connectivity index (χ0n) is 39.0. The van der Waals surface area contributed by atoms with Crippen molar-refractivity contribution in [1.82, 2.24) is 41.0 Å². The Morgan fingerprint density at radius 1 is 0.886 bits per heavy atom. The van der Waals surface area contributed by atoms with Crippen LogP contribution in [0, 0.1) is 0 Å². The number of aliphatic hydroxyl groups excluding tert-OH is 1. The Morgan fingerprint density at radius 3 is 2.56 bits per heavy atom. The minimum absolute atomic E-state index is 0.148. The third-order valence-electron chi connectivity index (χ3n) is 13.2. The highest BCUT2D eigenvalue weighted by Gasteiger charge is 2.40. The maximum Gasteiger partial charge on any atom is 0.255 e. The van der Waals surface area contributed by atoms with Crippen LogP contribution in [-0.2, 0) is 31.1 Å². The third-order valence-corrected chi connectivity index (χ3v) is 13.2. The van der Waals surface area contributed by atoms with Crippen molar-refractivity contribution in [3.05, 3.63) is 113 Å². The molecule has 0 spiro atoms. The third kappa shape index (κ3) is 11.6. The number of nitrogens with one attached hydrogen (secondary N) is 6. The average Bonchev–Trinajstić information content (AvgIpc) is 4.01. The predicted octanol–water partition coefficient (Wildman–Crippen LogP) is 4.98. The Balaban J connectivity index is 0.664. The molecular formula is C51H60N10O9. The summed E-state index contributed by atoms with van der Waals surface area (Å²) in [6, 6.07) is 21.3. The van der Waals surface area contributed by atoms with E-state index in [1.807, 2.05) is 54.6 Å². The summed E-state index contributed by atoms with van der Waals surface area (Å²) < 4.78 is 23.5. The molecule has 6 heterocycles. The van der Waals surface area contributed by atoms with E-state index in [4.69, 9.17) is 23.9 Å². The molecule has 0 radical (unpaired) electrons. The largest absolute Gasteiger partial charge is 0.494 e. The Labute approximate surface area is 405 Å². The highest BCUT2D eigenvalue weighted by molar-refractivity contribution is 6.04. The molecule has 4 amide bonds. The van der Waals surface area contributed by atoms with Crippen LogP contribution < -0.4 is 36.1 Å². The summed E-state index contributed by atoms with van der Waals surface area (Å²) >= 11 is 0. The number of piperidine rings is 2. The van der Waals surface area contributed by atoms with E-state index in [0.29, 0.717) is 92.7 Å². The van der Waals surface area contributed by atoms with E-state index < -0.39 is 17.8 Å². The van der Waals surface area contributed by atoms with Crippen molar-refractivity contribution in [2.45, 2.75) is 88.2 Å². The lowest BCUT2D eigenvalue weighted by atomic mass is 9.87. The fraction of sp³-hybridized carbons (Fsp3) is 0.431. The molecule has 19 nitrogen and oxygen atoms in total. The number of fused-ring (bicyclic) bond motifs is 2. The molecule has 70 heavy (non-hydrogen) atoms. The number of carbonyl (C=O) groups is 4. The second-order valence-electron chi connectivity index (χ2n) is 18.0. The van der Waals surface area contributed by atoms with Crippen molar-refractivity contribution >= 4 is 35.0 Å². The molecule has 0 saturated carbocycles. The molecule has 0 bridgehead atoms.